The number of unbranched alkanes of at least 4 members (excludes halogenated alkanes) is 9. The third-order valence-corrected chi connectivity index (χ3v) is 5.41. The van der Waals surface area contributed by atoms with Gasteiger partial charge in [0.15, 0.2) is 0 Å². The zero-order valence-corrected chi connectivity index (χ0v) is 24.1. The van der Waals surface area contributed by atoms with Crippen LogP contribution in [0.15, 0.2) is 0 Å². The molecule has 0 amide bonds. The number of ether oxygens (including phenoxy) is 7. The van der Waals surface area contributed by atoms with E-state index in [2.05, 4.69) is 6.92 Å². The average Bonchev–Trinajstić information content (AvgIpc) is 2.91. The first-order valence-electron chi connectivity index (χ1n) is 14.7. The van der Waals surface area contributed by atoms with Crippen molar-refractivity contribution >= 4 is 0 Å². The molecule has 0 spiro atoms. The maximum absolute atomic E-state index is 5.47. The lowest BCUT2D eigenvalue weighted by molar-refractivity contribution is -0.299. The van der Waals surface area contributed by atoms with Crippen LogP contribution in [0.4, 0.5) is 0 Å². The summed E-state index contributed by atoms with van der Waals surface area (Å²) in [5, 5.41) is 0. The van der Waals surface area contributed by atoms with Crippen molar-refractivity contribution in [3.05, 3.63) is 0 Å². The van der Waals surface area contributed by atoms with Gasteiger partial charge in [-0.05, 0) is 13.3 Å². The van der Waals surface area contributed by atoms with E-state index in [4.69, 9.17) is 42.9 Å². The van der Waals surface area contributed by atoms with E-state index in [1.54, 1.807) is 0 Å². The van der Waals surface area contributed by atoms with Crippen LogP contribution < -0.4 is 0 Å². The second kappa shape index (κ2) is 35.6. The van der Waals surface area contributed by atoms with E-state index in [9.17, 15) is 0 Å². The zero-order valence-electron chi connectivity index (χ0n) is 24.1. The van der Waals surface area contributed by atoms with Crippen LogP contribution in [-0.2, 0) is 42.9 Å². The lowest BCUT2D eigenvalue weighted by atomic mass is 10.1. The summed E-state index contributed by atoms with van der Waals surface area (Å²) < 4.78 is 37.8. The first kappa shape index (κ1) is 36.6. The summed E-state index contributed by atoms with van der Waals surface area (Å²) in [5.41, 5.74) is 0. The van der Waals surface area contributed by atoms with Crippen LogP contribution in [0.3, 0.4) is 0 Å². The molecule has 0 rings (SSSR count). The van der Waals surface area contributed by atoms with Gasteiger partial charge in [-0.3, -0.25) is 0 Å². The van der Waals surface area contributed by atoms with Gasteiger partial charge in [0.2, 0.25) is 0 Å². The van der Waals surface area contributed by atoms with Crippen LogP contribution >= 0.6 is 0 Å². The van der Waals surface area contributed by atoms with Crippen molar-refractivity contribution in [1.82, 2.24) is 0 Å². The second-order valence-corrected chi connectivity index (χ2v) is 8.70. The number of hydrogen-bond acceptors (Lipinski definition) is 9. The molecule has 0 bridgehead atoms. The summed E-state index contributed by atoms with van der Waals surface area (Å²) in [5.74, 6) is 0. The third kappa shape index (κ3) is 35.6. The molecule has 37 heavy (non-hydrogen) atoms. The lowest BCUT2D eigenvalue weighted by Crippen LogP contribution is -2.15. The molecular formula is C28H58O9. The predicted octanol–water partition coefficient (Wildman–Crippen LogP) is 4.99. The number of rotatable bonds is 34. The van der Waals surface area contributed by atoms with E-state index in [1.165, 1.54) is 57.8 Å². The third-order valence-electron chi connectivity index (χ3n) is 5.41. The molecule has 0 heterocycles. The molecule has 9 nitrogen and oxygen atoms in total. The monoisotopic (exact) mass is 538 g/mol. The van der Waals surface area contributed by atoms with E-state index in [-0.39, 0.29) is 0 Å². The van der Waals surface area contributed by atoms with Crippen LogP contribution in [0.1, 0.15) is 78.1 Å². The Hall–Kier alpha value is -0.360. The highest BCUT2D eigenvalue weighted by Crippen LogP contribution is 2.10. The van der Waals surface area contributed by atoms with Crippen molar-refractivity contribution in [3.63, 3.8) is 0 Å². The standard InChI is InChI=1S/C28H58O9/c1-3-5-6-7-8-9-10-11-12-13-14-36-37-28-27-35-26-25-34-24-23-33-22-21-32-20-19-31-18-17-30-16-15-29-4-2/h3-28H2,1-2H3. The molecule has 0 aliphatic carbocycles. The van der Waals surface area contributed by atoms with Crippen molar-refractivity contribution in [1.29, 1.82) is 0 Å². The van der Waals surface area contributed by atoms with E-state index < -0.39 is 0 Å². The van der Waals surface area contributed by atoms with Gasteiger partial charge >= 0.3 is 0 Å². The highest BCUT2D eigenvalue weighted by Gasteiger charge is 1.96. The van der Waals surface area contributed by atoms with Crippen LogP contribution in [0.5, 0.6) is 0 Å². The average molecular weight is 539 g/mol. The van der Waals surface area contributed by atoms with Gasteiger partial charge in [0, 0.05) is 6.61 Å². The largest absolute Gasteiger partial charge is 0.379 e. The van der Waals surface area contributed by atoms with Gasteiger partial charge < -0.3 is 33.2 Å². The van der Waals surface area contributed by atoms with E-state index >= 15 is 0 Å². The normalized spacial score (nSPS) is 11.5. The Morgan fingerprint density at radius 2 is 0.568 bits per heavy atom. The summed E-state index contributed by atoms with van der Waals surface area (Å²) in [6, 6.07) is 0. The van der Waals surface area contributed by atoms with Crippen molar-refractivity contribution in [2.75, 3.05) is 106 Å². The van der Waals surface area contributed by atoms with E-state index in [0.717, 1.165) is 13.0 Å². The molecule has 0 fully saturated rings. The molecule has 0 N–H and O–H groups in total. The second-order valence-electron chi connectivity index (χ2n) is 8.70. The fourth-order valence-electron chi connectivity index (χ4n) is 3.32. The summed E-state index contributed by atoms with van der Waals surface area (Å²) in [4.78, 5) is 10.3. The maximum atomic E-state index is 5.47. The summed E-state index contributed by atoms with van der Waals surface area (Å²) in [7, 11) is 0. The first-order chi connectivity index (χ1) is 18.4. The molecule has 0 aromatic carbocycles. The molecule has 0 aromatic rings. The van der Waals surface area contributed by atoms with Gasteiger partial charge in [0.05, 0.1) is 92.5 Å². The molecule has 0 atom stereocenters. The first-order valence-corrected chi connectivity index (χ1v) is 14.7. The molecule has 0 aromatic heterocycles. The topological polar surface area (TPSA) is 83.1 Å². The Labute approximate surface area is 227 Å². The fourth-order valence-corrected chi connectivity index (χ4v) is 3.32. The van der Waals surface area contributed by atoms with Gasteiger partial charge in [0.25, 0.3) is 0 Å². The van der Waals surface area contributed by atoms with Crippen LogP contribution in [-0.4, -0.2) is 106 Å². The SMILES string of the molecule is CCCCCCCCCCCCOOCCOCCOCCOCCOCCOCCOCCOCC. The quantitative estimate of drug-likeness (QED) is 0.0639. The van der Waals surface area contributed by atoms with Crippen LogP contribution in [0.25, 0.3) is 0 Å². The highest BCUT2D eigenvalue weighted by molar-refractivity contribution is 4.47. The molecule has 9 heteroatoms. The van der Waals surface area contributed by atoms with Crippen molar-refractivity contribution in [2.24, 2.45) is 0 Å². The van der Waals surface area contributed by atoms with Gasteiger partial charge in [-0.25, -0.2) is 9.78 Å². The Kier molecular flexibility index (Phi) is 35.3. The van der Waals surface area contributed by atoms with Crippen LogP contribution in [0, 0.1) is 0 Å². The van der Waals surface area contributed by atoms with Gasteiger partial charge in [-0.2, -0.15) is 0 Å². The van der Waals surface area contributed by atoms with Gasteiger partial charge in [-0.1, -0.05) is 64.7 Å². The molecule has 0 aliphatic heterocycles. The van der Waals surface area contributed by atoms with E-state index in [1.807, 2.05) is 6.92 Å². The van der Waals surface area contributed by atoms with Gasteiger partial charge in [-0.15, -0.1) is 0 Å². The molecule has 0 aliphatic rings. The molecule has 0 unspecified atom stereocenters. The predicted molar refractivity (Wildman–Crippen MR) is 145 cm³/mol. The maximum Gasteiger partial charge on any atom is 0.106 e. The summed E-state index contributed by atoms with van der Waals surface area (Å²) in [6.45, 7) is 13.2. The Morgan fingerprint density at radius 3 is 0.946 bits per heavy atom. The number of hydrogen-bond donors (Lipinski definition) is 0. The molecule has 0 saturated carbocycles. The minimum Gasteiger partial charge on any atom is -0.379 e. The summed E-state index contributed by atoms with van der Waals surface area (Å²) in [6.07, 6.45) is 13.2. The molecular weight excluding hydrogens is 480 g/mol. The lowest BCUT2D eigenvalue weighted by Gasteiger charge is -2.08. The minimum atomic E-state index is 0.439. The van der Waals surface area contributed by atoms with Crippen molar-refractivity contribution in [2.45, 2.75) is 78.1 Å². The van der Waals surface area contributed by atoms with Gasteiger partial charge in [0.1, 0.15) is 6.61 Å². The fraction of sp³-hybridized carbons (Fsp3) is 1.00. The smallest absolute Gasteiger partial charge is 0.106 e. The Bertz CT molecular complexity index is 355. The highest BCUT2D eigenvalue weighted by atomic mass is 17.2. The molecule has 224 valence electrons. The van der Waals surface area contributed by atoms with Crippen molar-refractivity contribution in [3.8, 4) is 0 Å². The Balaban J connectivity index is 3.00. The van der Waals surface area contributed by atoms with Crippen molar-refractivity contribution < 1.29 is 42.9 Å². The van der Waals surface area contributed by atoms with Crippen LogP contribution in [0.2, 0.25) is 0 Å². The minimum absolute atomic E-state index is 0.439. The molecule has 0 saturated heterocycles. The zero-order chi connectivity index (χ0) is 26.7. The molecule has 0 radical (unpaired) electrons. The van der Waals surface area contributed by atoms with E-state index in [0.29, 0.717) is 99.1 Å². The summed E-state index contributed by atoms with van der Waals surface area (Å²) >= 11 is 0. The Morgan fingerprint density at radius 1 is 0.270 bits per heavy atom.